The molecule has 23 heavy (non-hydrogen) atoms. The summed E-state index contributed by atoms with van der Waals surface area (Å²) >= 11 is 0. The average molecular weight is 318 g/mol. The van der Waals surface area contributed by atoms with E-state index >= 15 is 0 Å². The van der Waals surface area contributed by atoms with Crippen LogP contribution in [0.5, 0.6) is 0 Å². The van der Waals surface area contributed by atoms with Crippen LogP contribution in [0.15, 0.2) is 24.3 Å². The van der Waals surface area contributed by atoms with Crippen LogP contribution in [0.3, 0.4) is 0 Å². The quantitative estimate of drug-likeness (QED) is 0.833. The molecule has 1 aromatic rings. The zero-order chi connectivity index (χ0) is 16.9. The van der Waals surface area contributed by atoms with Crippen molar-refractivity contribution in [2.75, 3.05) is 24.5 Å². The molecule has 3 heteroatoms. The van der Waals surface area contributed by atoms with Gasteiger partial charge in [-0.1, -0.05) is 46.8 Å². The third-order valence-electron chi connectivity index (χ3n) is 4.78. The van der Waals surface area contributed by atoms with Crippen LogP contribution < -0.4 is 15.5 Å². The summed E-state index contributed by atoms with van der Waals surface area (Å²) in [4.78, 5) is 2.51. The number of hydrogen-bond donors (Lipinski definition) is 2. The molecule has 1 heterocycles. The molecule has 1 saturated carbocycles. The Morgan fingerprint density at radius 3 is 2.35 bits per heavy atom. The molecule has 0 radical (unpaired) electrons. The van der Waals surface area contributed by atoms with Gasteiger partial charge in [-0.25, -0.2) is 0 Å². The maximum atomic E-state index is 3.74. The van der Waals surface area contributed by atoms with E-state index in [4.69, 9.17) is 0 Å². The van der Waals surface area contributed by atoms with E-state index in [1.54, 1.807) is 0 Å². The van der Waals surface area contributed by atoms with Gasteiger partial charge in [0.1, 0.15) is 0 Å². The molecule has 1 unspecified atom stereocenters. The zero-order valence-corrected chi connectivity index (χ0v) is 15.7. The van der Waals surface area contributed by atoms with E-state index in [0.717, 1.165) is 13.1 Å². The highest BCUT2D eigenvalue weighted by Crippen LogP contribution is 2.46. The Morgan fingerprint density at radius 1 is 1.17 bits per heavy atom. The molecule has 2 fully saturated rings. The Balaban J connectivity index is 0.000000924. The molecular weight excluding hydrogens is 282 g/mol. The van der Waals surface area contributed by atoms with Crippen LogP contribution in [0.25, 0.3) is 0 Å². The van der Waals surface area contributed by atoms with Crippen LogP contribution in [0.1, 0.15) is 59.4 Å². The predicted molar refractivity (Wildman–Crippen MR) is 101 cm³/mol. The van der Waals surface area contributed by atoms with Crippen molar-refractivity contribution in [1.82, 2.24) is 10.6 Å². The van der Waals surface area contributed by atoms with Gasteiger partial charge >= 0.3 is 0 Å². The predicted octanol–water partition coefficient (Wildman–Crippen LogP) is 3.89. The molecule has 1 aliphatic heterocycles. The molecule has 2 N–H and O–H groups in total. The van der Waals surface area contributed by atoms with E-state index in [2.05, 4.69) is 60.6 Å². The Hall–Kier alpha value is -1.06. The molecule has 0 aromatic heterocycles. The van der Waals surface area contributed by atoms with Crippen molar-refractivity contribution in [3.05, 3.63) is 29.8 Å². The van der Waals surface area contributed by atoms with E-state index in [9.17, 15) is 0 Å². The van der Waals surface area contributed by atoms with E-state index in [1.165, 1.54) is 37.1 Å². The maximum absolute atomic E-state index is 3.74. The average Bonchev–Trinajstić information content (AvgIpc) is 3.18. The van der Waals surface area contributed by atoms with Crippen LogP contribution in [0.2, 0.25) is 0 Å². The Morgan fingerprint density at radius 2 is 1.83 bits per heavy atom. The second-order valence-corrected chi connectivity index (χ2v) is 6.92. The third-order valence-corrected chi connectivity index (χ3v) is 4.78. The zero-order valence-electron chi connectivity index (χ0n) is 15.7. The summed E-state index contributed by atoms with van der Waals surface area (Å²) < 4.78 is 0. The van der Waals surface area contributed by atoms with Crippen molar-refractivity contribution in [2.45, 2.75) is 71.5 Å². The first-order valence-electron chi connectivity index (χ1n) is 9.49. The summed E-state index contributed by atoms with van der Waals surface area (Å²) in [7, 11) is 0. The van der Waals surface area contributed by atoms with Crippen LogP contribution >= 0.6 is 0 Å². The maximum Gasteiger partial charge on any atom is 0.0438 e. The van der Waals surface area contributed by atoms with Gasteiger partial charge in [0.05, 0.1) is 0 Å². The largest absolute Gasteiger partial charge is 0.370 e. The van der Waals surface area contributed by atoms with Crippen molar-refractivity contribution in [3.8, 4) is 0 Å². The van der Waals surface area contributed by atoms with Gasteiger partial charge in [-0.2, -0.15) is 0 Å². The standard InChI is InChI=1S/C18H29N3.C2H6/c1-4-19-16-9-12-21(13-16)17-7-5-15(6-8-17)18(10-11-18)20-14(2)3;1-2/h5-8,14,16,19-20H,4,9-13H2,1-3H3;1-2H3. The SMILES string of the molecule is CC.CCNC1CCN(c2ccc(C3(NC(C)C)CC3)cc2)C1. The lowest BCUT2D eigenvalue weighted by Gasteiger charge is -2.23. The minimum atomic E-state index is 0.268. The number of hydrogen-bond acceptors (Lipinski definition) is 3. The van der Waals surface area contributed by atoms with Crippen molar-refractivity contribution >= 4 is 5.69 Å². The van der Waals surface area contributed by atoms with Crippen LogP contribution in [0, 0.1) is 0 Å². The molecule has 3 rings (SSSR count). The van der Waals surface area contributed by atoms with Gasteiger partial charge in [0.25, 0.3) is 0 Å². The third kappa shape index (κ3) is 4.48. The fourth-order valence-corrected chi connectivity index (χ4v) is 3.64. The van der Waals surface area contributed by atoms with Gasteiger partial charge in [0, 0.05) is 36.4 Å². The number of rotatable bonds is 6. The number of anilines is 1. The number of nitrogens with one attached hydrogen (secondary N) is 2. The van der Waals surface area contributed by atoms with E-state index in [1.807, 2.05) is 13.8 Å². The fraction of sp³-hybridized carbons (Fsp3) is 0.700. The lowest BCUT2D eigenvalue weighted by atomic mass is 10.0. The number of nitrogens with zero attached hydrogens (tertiary/aromatic N) is 1. The summed E-state index contributed by atoms with van der Waals surface area (Å²) in [5.41, 5.74) is 3.10. The lowest BCUT2D eigenvalue weighted by Crippen LogP contribution is -2.34. The van der Waals surface area contributed by atoms with Gasteiger partial charge in [-0.15, -0.1) is 0 Å². The second-order valence-electron chi connectivity index (χ2n) is 6.92. The van der Waals surface area contributed by atoms with Gasteiger partial charge in [-0.05, 0) is 43.5 Å². The molecule has 2 aliphatic rings. The monoisotopic (exact) mass is 317 g/mol. The highest BCUT2D eigenvalue weighted by Gasteiger charge is 2.44. The molecule has 1 atom stereocenters. The van der Waals surface area contributed by atoms with Gasteiger partial charge in [0.15, 0.2) is 0 Å². The lowest BCUT2D eigenvalue weighted by molar-refractivity contribution is 0.461. The molecule has 1 aliphatic carbocycles. The van der Waals surface area contributed by atoms with Gasteiger partial charge < -0.3 is 15.5 Å². The van der Waals surface area contributed by atoms with Gasteiger partial charge in [-0.3, -0.25) is 0 Å². The minimum Gasteiger partial charge on any atom is -0.370 e. The first-order chi connectivity index (χ1) is 11.1. The second kappa shape index (κ2) is 8.16. The molecule has 0 bridgehead atoms. The van der Waals surface area contributed by atoms with Crippen molar-refractivity contribution in [1.29, 1.82) is 0 Å². The number of likely N-dealkylation sites (N-methyl/N-ethyl adjacent to an activating group) is 1. The Kier molecular flexibility index (Phi) is 6.49. The highest BCUT2D eigenvalue weighted by molar-refractivity contribution is 5.50. The van der Waals surface area contributed by atoms with Crippen molar-refractivity contribution < 1.29 is 0 Å². The fourth-order valence-electron chi connectivity index (χ4n) is 3.64. The Bertz CT molecular complexity index is 462. The summed E-state index contributed by atoms with van der Waals surface area (Å²) in [6.45, 7) is 14.0. The normalized spacial score (nSPS) is 22.0. The number of benzene rings is 1. The van der Waals surface area contributed by atoms with E-state index in [0.29, 0.717) is 12.1 Å². The van der Waals surface area contributed by atoms with Crippen molar-refractivity contribution in [3.63, 3.8) is 0 Å². The molecule has 1 saturated heterocycles. The van der Waals surface area contributed by atoms with E-state index in [-0.39, 0.29) is 5.54 Å². The summed E-state index contributed by atoms with van der Waals surface area (Å²) in [6.07, 6.45) is 3.81. The molecule has 0 amide bonds. The van der Waals surface area contributed by atoms with Gasteiger partial charge in [0.2, 0.25) is 0 Å². The molecular formula is C20H35N3. The van der Waals surface area contributed by atoms with Crippen molar-refractivity contribution in [2.24, 2.45) is 0 Å². The Labute approximate surface area is 142 Å². The smallest absolute Gasteiger partial charge is 0.0438 e. The topological polar surface area (TPSA) is 27.3 Å². The first-order valence-corrected chi connectivity index (χ1v) is 9.49. The molecule has 0 spiro atoms. The summed E-state index contributed by atoms with van der Waals surface area (Å²) in [5.74, 6) is 0. The van der Waals surface area contributed by atoms with Crippen LogP contribution in [0.4, 0.5) is 5.69 Å². The molecule has 1 aromatic carbocycles. The molecule has 3 nitrogen and oxygen atoms in total. The first kappa shape index (κ1) is 18.3. The highest BCUT2D eigenvalue weighted by atomic mass is 15.2. The summed E-state index contributed by atoms with van der Waals surface area (Å²) in [6, 6.07) is 10.5. The minimum absolute atomic E-state index is 0.268. The van der Waals surface area contributed by atoms with Crippen LogP contribution in [-0.2, 0) is 5.54 Å². The van der Waals surface area contributed by atoms with Crippen LogP contribution in [-0.4, -0.2) is 31.7 Å². The molecule has 130 valence electrons. The van der Waals surface area contributed by atoms with E-state index < -0.39 is 0 Å². The summed E-state index contributed by atoms with van der Waals surface area (Å²) in [5, 5.41) is 7.30.